The minimum absolute atomic E-state index is 0.0978. The van der Waals surface area contributed by atoms with Crippen molar-refractivity contribution in [3.05, 3.63) is 47.4 Å². The molecular formula is C18H19N5O3S. The number of rotatable bonds is 4. The number of nitrogens with zero attached hydrogens (tertiary/aromatic N) is 5. The summed E-state index contributed by atoms with van der Waals surface area (Å²) in [5, 5.41) is 15.3. The SMILES string of the molecule is CN1CCN([C@@H](c2ccco2)c2sc3nc(-c4ccco4)nn3c2O)CC1. The van der Waals surface area contributed by atoms with Crippen LogP contribution in [0.2, 0.25) is 0 Å². The van der Waals surface area contributed by atoms with Crippen LogP contribution in [-0.4, -0.2) is 62.7 Å². The molecule has 1 aliphatic rings. The van der Waals surface area contributed by atoms with Gasteiger partial charge in [0, 0.05) is 26.2 Å². The van der Waals surface area contributed by atoms with Gasteiger partial charge in [0.15, 0.2) is 5.76 Å². The smallest absolute Gasteiger partial charge is 0.230 e. The Bertz CT molecular complexity index is 1030. The maximum atomic E-state index is 10.9. The van der Waals surface area contributed by atoms with Gasteiger partial charge in [-0.3, -0.25) is 4.90 Å². The van der Waals surface area contributed by atoms with E-state index in [-0.39, 0.29) is 11.9 Å². The van der Waals surface area contributed by atoms with Crippen molar-refractivity contribution in [1.29, 1.82) is 0 Å². The lowest BCUT2D eigenvalue weighted by atomic mass is 10.1. The summed E-state index contributed by atoms with van der Waals surface area (Å²) in [7, 11) is 2.12. The van der Waals surface area contributed by atoms with Gasteiger partial charge in [-0.1, -0.05) is 11.3 Å². The van der Waals surface area contributed by atoms with Gasteiger partial charge in [-0.25, -0.2) is 0 Å². The first-order valence-corrected chi connectivity index (χ1v) is 9.60. The van der Waals surface area contributed by atoms with E-state index in [1.54, 1.807) is 24.7 Å². The zero-order valence-corrected chi connectivity index (χ0v) is 15.6. The van der Waals surface area contributed by atoms with E-state index in [9.17, 15) is 5.11 Å². The Morgan fingerprint density at radius 1 is 1.11 bits per heavy atom. The van der Waals surface area contributed by atoms with E-state index in [2.05, 4.69) is 26.9 Å². The third-order valence-electron chi connectivity index (χ3n) is 4.91. The maximum absolute atomic E-state index is 10.9. The van der Waals surface area contributed by atoms with E-state index in [4.69, 9.17) is 8.83 Å². The van der Waals surface area contributed by atoms with Crippen LogP contribution in [0.25, 0.3) is 16.5 Å². The molecule has 5 rings (SSSR count). The van der Waals surface area contributed by atoms with Crippen molar-refractivity contribution in [3.8, 4) is 17.5 Å². The normalized spacial score (nSPS) is 17.7. The van der Waals surface area contributed by atoms with Crippen LogP contribution in [-0.2, 0) is 0 Å². The van der Waals surface area contributed by atoms with Gasteiger partial charge in [-0.05, 0) is 31.3 Å². The minimum atomic E-state index is -0.158. The van der Waals surface area contributed by atoms with Gasteiger partial charge < -0.3 is 18.8 Å². The van der Waals surface area contributed by atoms with Crippen LogP contribution >= 0.6 is 11.3 Å². The molecule has 1 fully saturated rings. The Hall–Kier alpha value is -2.62. The zero-order valence-electron chi connectivity index (χ0n) is 14.8. The Kier molecular flexibility index (Phi) is 4.00. The van der Waals surface area contributed by atoms with Gasteiger partial charge in [0.05, 0.1) is 17.4 Å². The van der Waals surface area contributed by atoms with Gasteiger partial charge in [0.2, 0.25) is 16.7 Å². The number of aromatic nitrogens is 3. The van der Waals surface area contributed by atoms with Crippen LogP contribution in [0.4, 0.5) is 0 Å². The highest BCUT2D eigenvalue weighted by Gasteiger charge is 2.33. The summed E-state index contributed by atoms with van der Waals surface area (Å²) in [5.41, 5.74) is 0. The van der Waals surface area contributed by atoms with Crippen molar-refractivity contribution in [2.24, 2.45) is 0 Å². The van der Waals surface area contributed by atoms with Crippen LogP contribution in [0.5, 0.6) is 5.88 Å². The van der Waals surface area contributed by atoms with Crippen LogP contribution in [0.15, 0.2) is 45.6 Å². The average Bonchev–Trinajstić information content (AvgIpc) is 3.44. The summed E-state index contributed by atoms with van der Waals surface area (Å²) < 4.78 is 12.5. The van der Waals surface area contributed by atoms with Gasteiger partial charge in [0.25, 0.3) is 0 Å². The molecule has 9 heteroatoms. The van der Waals surface area contributed by atoms with Gasteiger partial charge in [0.1, 0.15) is 11.8 Å². The number of fused-ring (bicyclic) bond motifs is 1. The Labute approximate surface area is 159 Å². The molecule has 27 heavy (non-hydrogen) atoms. The largest absolute Gasteiger partial charge is 0.492 e. The Morgan fingerprint density at radius 3 is 2.56 bits per heavy atom. The second kappa shape index (κ2) is 6.52. The van der Waals surface area contributed by atoms with Crippen LogP contribution < -0.4 is 0 Å². The topological polar surface area (TPSA) is 83.2 Å². The number of hydrogen-bond acceptors (Lipinski definition) is 8. The molecule has 4 aromatic heterocycles. The summed E-state index contributed by atoms with van der Waals surface area (Å²) in [6, 6.07) is 7.26. The molecule has 8 nitrogen and oxygen atoms in total. The standard InChI is InChI=1S/C18H19N5O3S/c1-21-6-8-22(9-7-21)14(12-4-2-10-25-12)15-17(24)23-18(27-15)19-16(20-23)13-5-3-11-26-13/h2-5,10-11,14,24H,6-9H2,1H3/t14-/m0/s1. The molecular weight excluding hydrogens is 366 g/mol. The van der Waals surface area contributed by atoms with Crippen LogP contribution in [0.3, 0.4) is 0 Å². The van der Waals surface area contributed by atoms with E-state index in [1.165, 1.54) is 15.9 Å². The van der Waals surface area contributed by atoms with Crippen molar-refractivity contribution in [3.63, 3.8) is 0 Å². The van der Waals surface area contributed by atoms with Gasteiger partial charge in [-0.15, -0.1) is 5.10 Å². The van der Waals surface area contributed by atoms with E-state index in [1.807, 2.05) is 12.1 Å². The summed E-state index contributed by atoms with van der Waals surface area (Å²) in [6.07, 6.45) is 3.25. The molecule has 5 heterocycles. The van der Waals surface area contributed by atoms with Crippen molar-refractivity contribution < 1.29 is 13.9 Å². The summed E-state index contributed by atoms with van der Waals surface area (Å²) in [6.45, 7) is 3.74. The van der Waals surface area contributed by atoms with Crippen LogP contribution in [0, 0.1) is 0 Å². The monoisotopic (exact) mass is 385 g/mol. The fraction of sp³-hybridized carbons (Fsp3) is 0.333. The number of piperazine rings is 1. The molecule has 1 N–H and O–H groups in total. The van der Waals surface area contributed by atoms with Crippen molar-refractivity contribution in [1.82, 2.24) is 24.4 Å². The molecule has 140 valence electrons. The maximum Gasteiger partial charge on any atom is 0.230 e. The van der Waals surface area contributed by atoms with E-state index in [0.29, 0.717) is 16.5 Å². The van der Waals surface area contributed by atoms with Crippen molar-refractivity contribution in [2.75, 3.05) is 33.2 Å². The van der Waals surface area contributed by atoms with Gasteiger partial charge >= 0.3 is 0 Å². The molecule has 0 spiro atoms. The second-order valence-corrected chi connectivity index (χ2v) is 7.66. The lowest BCUT2D eigenvalue weighted by molar-refractivity contribution is 0.117. The highest BCUT2D eigenvalue weighted by molar-refractivity contribution is 7.17. The third-order valence-corrected chi connectivity index (χ3v) is 5.98. The predicted octanol–water partition coefficient (Wildman–Crippen LogP) is 2.69. The van der Waals surface area contributed by atoms with E-state index < -0.39 is 0 Å². The molecule has 0 unspecified atom stereocenters. The highest BCUT2D eigenvalue weighted by atomic mass is 32.1. The summed E-state index contributed by atoms with van der Waals surface area (Å²) in [5.74, 6) is 1.95. The van der Waals surface area contributed by atoms with Crippen LogP contribution in [0.1, 0.15) is 16.7 Å². The molecule has 1 saturated heterocycles. The molecule has 0 aliphatic carbocycles. The fourth-order valence-corrected chi connectivity index (χ4v) is 4.54. The average molecular weight is 385 g/mol. The minimum Gasteiger partial charge on any atom is -0.492 e. The fourth-order valence-electron chi connectivity index (χ4n) is 3.44. The number of likely N-dealkylation sites (N-methyl/N-ethyl adjacent to an activating group) is 1. The van der Waals surface area contributed by atoms with E-state index in [0.717, 1.165) is 36.8 Å². The Morgan fingerprint density at radius 2 is 1.89 bits per heavy atom. The molecule has 4 aromatic rings. The first-order valence-electron chi connectivity index (χ1n) is 8.79. The number of thiazole rings is 1. The predicted molar refractivity (Wildman–Crippen MR) is 99.9 cm³/mol. The highest BCUT2D eigenvalue weighted by Crippen LogP contribution is 2.40. The molecule has 0 radical (unpaired) electrons. The summed E-state index contributed by atoms with van der Waals surface area (Å²) >= 11 is 1.43. The molecule has 1 aliphatic heterocycles. The lowest BCUT2D eigenvalue weighted by Crippen LogP contribution is -2.46. The van der Waals surface area contributed by atoms with Crippen molar-refractivity contribution >= 4 is 16.3 Å². The molecule has 0 saturated carbocycles. The Balaban J connectivity index is 1.56. The first kappa shape index (κ1) is 16.5. The third kappa shape index (κ3) is 2.84. The quantitative estimate of drug-likeness (QED) is 0.578. The second-order valence-electron chi connectivity index (χ2n) is 6.65. The molecule has 0 aromatic carbocycles. The van der Waals surface area contributed by atoms with Crippen molar-refractivity contribution in [2.45, 2.75) is 6.04 Å². The number of hydrogen-bond donors (Lipinski definition) is 1. The number of aromatic hydroxyl groups is 1. The molecule has 0 amide bonds. The molecule has 0 bridgehead atoms. The van der Waals surface area contributed by atoms with E-state index >= 15 is 0 Å². The zero-order chi connectivity index (χ0) is 18.4. The summed E-state index contributed by atoms with van der Waals surface area (Å²) in [4.78, 5) is 10.6. The molecule has 1 atom stereocenters. The van der Waals surface area contributed by atoms with Gasteiger partial charge in [-0.2, -0.15) is 9.50 Å². The first-order chi connectivity index (χ1) is 13.2. The lowest BCUT2D eigenvalue weighted by Gasteiger charge is -2.36. The number of furan rings is 2.